The normalized spacial score (nSPS) is 36.3. The van der Waals surface area contributed by atoms with Gasteiger partial charge in [0.2, 0.25) is 0 Å². The molecular formula is C16H29NO. The van der Waals surface area contributed by atoms with E-state index in [9.17, 15) is 0 Å². The van der Waals surface area contributed by atoms with E-state index in [2.05, 4.69) is 5.32 Å². The van der Waals surface area contributed by atoms with Crippen LogP contribution in [0.25, 0.3) is 0 Å². The summed E-state index contributed by atoms with van der Waals surface area (Å²) in [5.74, 6) is 3.13. The van der Waals surface area contributed by atoms with E-state index in [4.69, 9.17) is 4.74 Å². The molecule has 0 aromatic rings. The molecule has 2 bridgehead atoms. The minimum atomic E-state index is 0.572. The SMILES string of the molecule is C1CCC(OCCNCC2CC3CCC2C3)CC1. The Morgan fingerprint density at radius 3 is 2.56 bits per heavy atom. The van der Waals surface area contributed by atoms with Crippen molar-refractivity contribution in [1.29, 1.82) is 0 Å². The first kappa shape index (κ1) is 12.9. The average molecular weight is 251 g/mol. The predicted molar refractivity (Wildman–Crippen MR) is 74.6 cm³/mol. The van der Waals surface area contributed by atoms with Gasteiger partial charge in [0.1, 0.15) is 0 Å². The molecular weight excluding hydrogens is 222 g/mol. The van der Waals surface area contributed by atoms with Gasteiger partial charge in [-0.2, -0.15) is 0 Å². The van der Waals surface area contributed by atoms with Crippen molar-refractivity contribution >= 4 is 0 Å². The molecule has 0 saturated heterocycles. The molecule has 0 aromatic heterocycles. The van der Waals surface area contributed by atoms with E-state index < -0.39 is 0 Å². The molecule has 1 N–H and O–H groups in total. The Bertz CT molecular complexity index is 249. The van der Waals surface area contributed by atoms with Crippen LogP contribution >= 0.6 is 0 Å². The fourth-order valence-electron chi connectivity index (χ4n) is 4.44. The van der Waals surface area contributed by atoms with Crippen LogP contribution in [0, 0.1) is 17.8 Å². The Hall–Kier alpha value is -0.0800. The number of hydrogen-bond acceptors (Lipinski definition) is 2. The van der Waals surface area contributed by atoms with Crippen LogP contribution in [0.4, 0.5) is 0 Å². The van der Waals surface area contributed by atoms with Gasteiger partial charge >= 0.3 is 0 Å². The molecule has 3 unspecified atom stereocenters. The van der Waals surface area contributed by atoms with E-state index in [0.29, 0.717) is 6.10 Å². The summed E-state index contributed by atoms with van der Waals surface area (Å²) < 4.78 is 5.95. The summed E-state index contributed by atoms with van der Waals surface area (Å²) in [5, 5.41) is 3.63. The third-order valence-corrected chi connectivity index (χ3v) is 5.48. The second kappa shape index (κ2) is 6.38. The van der Waals surface area contributed by atoms with Crippen LogP contribution in [-0.2, 0) is 4.74 Å². The van der Waals surface area contributed by atoms with Crippen molar-refractivity contribution in [1.82, 2.24) is 5.32 Å². The molecule has 0 aliphatic heterocycles. The molecule has 3 fully saturated rings. The van der Waals surface area contributed by atoms with Crippen molar-refractivity contribution < 1.29 is 4.74 Å². The Morgan fingerprint density at radius 2 is 1.83 bits per heavy atom. The Balaban J connectivity index is 1.22. The zero-order valence-electron chi connectivity index (χ0n) is 11.7. The highest BCUT2D eigenvalue weighted by Gasteiger charge is 2.38. The highest BCUT2D eigenvalue weighted by Crippen LogP contribution is 2.47. The van der Waals surface area contributed by atoms with E-state index in [1.165, 1.54) is 64.3 Å². The quantitative estimate of drug-likeness (QED) is 0.731. The Labute approximate surface area is 112 Å². The van der Waals surface area contributed by atoms with E-state index in [1.54, 1.807) is 0 Å². The van der Waals surface area contributed by atoms with Crippen LogP contribution in [0.2, 0.25) is 0 Å². The molecule has 3 aliphatic rings. The summed E-state index contributed by atoms with van der Waals surface area (Å²) in [6.07, 6.45) is 13.4. The third-order valence-electron chi connectivity index (χ3n) is 5.48. The summed E-state index contributed by atoms with van der Waals surface area (Å²) in [6.45, 7) is 3.23. The van der Waals surface area contributed by atoms with Gasteiger partial charge in [-0.05, 0) is 56.4 Å². The van der Waals surface area contributed by atoms with Gasteiger partial charge in [-0.3, -0.25) is 0 Å². The van der Waals surface area contributed by atoms with Crippen molar-refractivity contribution in [2.75, 3.05) is 19.7 Å². The van der Waals surface area contributed by atoms with Gasteiger partial charge in [0.25, 0.3) is 0 Å². The van der Waals surface area contributed by atoms with Crippen molar-refractivity contribution in [2.45, 2.75) is 63.9 Å². The molecule has 3 rings (SSSR count). The molecule has 0 aromatic carbocycles. The first-order chi connectivity index (χ1) is 8.92. The lowest BCUT2D eigenvalue weighted by Gasteiger charge is -2.23. The molecule has 0 amide bonds. The maximum absolute atomic E-state index is 5.95. The first-order valence-electron chi connectivity index (χ1n) is 8.24. The van der Waals surface area contributed by atoms with Gasteiger partial charge in [0, 0.05) is 6.54 Å². The molecule has 0 heterocycles. The van der Waals surface area contributed by atoms with Crippen molar-refractivity contribution in [2.24, 2.45) is 17.8 Å². The molecule has 3 aliphatic carbocycles. The molecule has 18 heavy (non-hydrogen) atoms. The van der Waals surface area contributed by atoms with Gasteiger partial charge in [-0.15, -0.1) is 0 Å². The van der Waals surface area contributed by atoms with Gasteiger partial charge in [-0.1, -0.05) is 25.7 Å². The van der Waals surface area contributed by atoms with Gasteiger partial charge in [-0.25, -0.2) is 0 Å². The lowest BCUT2D eigenvalue weighted by atomic mass is 9.89. The maximum atomic E-state index is 5.95. The topological polar surface area (TPSA) is 21.3 Å². The van der Waals surface area contributed by atoms with E-state index in [-0.39, 0.29) is 0 Å². The van der Waals surface area contributed by atoms with Gasteiger partial charge in [0.15, 0.2) is 0 Å². The molecule has 3 saturated carbocycles. The predicted octanol–water partition coefficient (Wildman–Crippen LogP) is 3.36. The fourth-order valence-corrected chi connectivity index (χ4v) is 4.44. The number of fused-ring (bicyclic) bond motifs is 2. The number of nitrogens with one attached hydrogen (secondary N) is 1. The van der Waals surface area contributed by atoms with Crippen LogP contribution < -0.4 is 5.32 Å². The summed E-state index contributed by atoms with van der Waals surface area (Å²) in [7, 11) is 0. The molecule has 3 atom stereocenters. The zero-order valence-corrected chi connectivity index (χ0v) is 11.7. The van der Waals surface area contributed by atoms with E-state index in [1.807, 2.05) is 0 Å². The van der Waals surface area contributed by atoms with Crippen molar-refractivity contribution in [3.05, 3.63) is 0 Å². The molecule has 2 nitrogen and oxygen atoms in total. The van der Waals surface area contributed by atoms with E-state index >= 15 is 0 Å². The highest BCUT2D eigenvalue weighted by molar-refractivity contribution is 4.90. The van der Waals surface area contributed by atoms with Crippen molar-refractivity contribution in [3.63, 3.8) is 0 Å². The number of hydrogen-bond donors (Lipinski definition) is 1. The van der Waals surface area contributed by atoms with E-state index in [0.717, 1.165) is 30.9 Å². The molecule has 0 spiro atoms. The fraction of sp³-hybridized carbons (Fsp3) is 1.00. The number of ether oxygens (including phenoxy) is 1. The Morgan fingerprint density at radius 1 is 0.944 bits per heavy atom. The Kier molecular flexibility index (Phi) is 4.58. The maximum Gasteiger partial charge on any atom is 0.0594 e. The molecule has 2 heteroatoms. The molecule has 104 valence electrons. The summed E-state index contributed by atoms with van der Waals surface area (Å²) in [5.41, 5.74) is 0. The lowest BCUT2D eigenvalue weighted by molar-refractivity contribution is 0.0298. The minimum absolute atomic E-state index is 0.572. The minimum Gasteiger partial charge on any atom is -0.377 e. The second-order valence-corrected chi connectivity index (χ2v) is 6.77. The highest BCUT2D eigenvalue weighted by atomic mass is 16.5. The van der Waals surface area contributed by atoms with Crippen molar-refractivity contribution in [3.8, 4) is 0 Å². The molecule has 0 radical (unpaired) electrons. The second-order valence-electron chi connectivity index (χ2n) is 6.77. The van der Waals surface area contributed by atoms with Crippen LogP contribution in [0.1, 0.15) is 57.8 Å². The zero-order chi connectivity index (χ0) is 12.2. The average Bonchev–Trinajstić information content (AvgIpc) is 3.02. The van der Waals surface area contributed by atoms with Crippen LogP contribution in [0.5, 0.6) is 0 Å². The largest absolute Gasteiger partial charge is 0.377 e. The van der Waals surface area contributed by atoms with Gasteiger partial charge in [0.05, 0.1) is 12.7 Å². The summed E-state index contributed by atoms with van der Waals surface area (Å²) in [4.78, 5) is 0. The summed E-state index contributed by atoms with van der Waals surface area (Å²) >= 11 is 0. The number of rotatable bonds is 6. The van der Waals surface area contributed by atoms with Crippen LogP contribution in [0.15, 0.2) is 0 Å². The smallest absolute Gasteiger partial charge is 0.0594 e. The monoisotopic (exact) mass is 251 g/mol. The van der Waals surface area contributed by atoms with Crippen LogP contribution in [0.3, 0.4) is 0 Å². The third kappa shape index (κ3) is 3.27. The summed E-state index contributed by atoms with van der Waals surface area (Å²) in [6, 6.07) is 0. The van der Waals surface area contributed by atoms with Crippen LogP contribution in [-0.4, -0.2) is 25.8 Å². The standard InChI is InChI=1S/C16H29NO/c1-2-4-16(5-3-1)18-9-8-17-12-15-11-13-6-7-14(15)10-13/h13-17H,1-12H2. The first-order valence-corrected chi connectivity index (χ1v) is 8.24. The lowest BCUT2D eigenvalue weighted by Crippen LogP contribution is -2.30. The van der Waals surface area contributed by atoms with Gasteiger partial charge < -0.3 is 10.1 Å².